The number of nitrogens with zero attached hydrogens (tertiary/aromatic N) is 3. The lowest BCUT2D eigenvalue weighted by atomic mass is 9.95. The van der Waals surface area contributed by atoms with Crippen molar-refractivity contribution in [3.63, 3.8) is 0 Å². The summed E-state index contributed by atoms with van der Waals surface area (Å²) in [4.78, 5) is 29.4. The first kappa shape index (κ1) is 24.7. The van der Waals surface area contributed by atoms with Crippen molar-refractivity contribution in [2.45, 2.75) is 13.5 Å². The molecule has 0 radical (unpaired) electrons. The fourth-order valence-corrected chi connectivity index (χ4v) is 4.83. The molecule has 4 N–H and O–H groups in total. The van der Waals surface area contributed by atoms with Gasteiger partial charge in [0.2, 0.25) is 0 Å². The van der Waals surface area contributed by atoms with Crippen molar-refractivity contribution in [3.8, 4) is 41.2 Å². The highest BCUT2D eigenvalue weighted by atomic mass is 19.1. The molecule has 4 heterocycles. The number of methoxy groups -OCH3 is 1. The minimum atomic E-state index is -0.769. The molecule has 0 saturated carbocycles. The van der Waals surface area contributed by atoms with Gasteiger partial charge in [0.15, 0.2) is 0 Å². The molecule has 0 aliphatic carbocycles. The second kappa shape index (κ2) is 9.28. The van der Waals surface area contributed by atoms with Gasteiger partial charge in [-0.25, -0.2) is 14.2 Å². The lowest BCUT2D eigenvalue weighted by Crippen LogP contribution is -2.12. The van der Waals surface area contributed by atoms with Gasteiger partial charge in [0.25, 0.3) is 0 Å². The molecule has 0 atom stereocenters. The quantitative estimate of drug-likeness (QED) is 0.229. The molecule has 6 rings (SSSR count). The van der Waals surface area contributed by atoms with Gasteiger partial charge in [0.05, 0.1) is 24.4 Å². The Kier molecular flexibility index (Phi) is 5.73. The number of aromatic nitrogens is 4. The van der Waals surface area contributed by atoms with Gasteiger partial charge < -0.3 is 29.7 Å². The number of fused-ring (bicyclic) bond motifs is 3. The molecule has 6 aromatic rings. The van der Waals surface area contributed by atoms with Crippen molar-refractivity contribution < 1.29 is 23.8 Å². The SMILES string of the molecule is C#Cc1c(F)ccc2cc(O)cc(-c3oc(=O)c4c(NCc5c[nH]c6ncc(O)cc56)nc(OC)nc4c3C)c12. The van der Waals surface area contributed by atoms with Gasteiger partial charge in [-0.1, -0.05) is 12.0 Å². The molecular weight excluding hydrogens is 517 g/mol. The van der Waals surface area contributed by atoms with Crippen molar-refractivity contribution in [2.24, 2.45) is 0 Å². The third kappa shape index (κ3) is 3.90. The average molecular weight is 538 g/mol. The zero-order chi connectivity index (χ0) is 28.1. The van der Waals surface area contributed by atoms with Crippen LogP contribution in [0.5, 0.6) is 17.5 Å². The predicted molar refractivity (Wildman–Crippen MR) is 147 cm³/mol. The fourth-order valence-electron chi connectivity index (χ4n) is 4.83. The van der Waals surface area contributed by atoms with Crippen LogP contribution in [0.3, 0.4) is 0 Å². The van der Waals surface area contributed by atoms with E-state index in [-0.39, 0.29) is 57.7 Å². The van der Waals surface area contributed by atoms with E-state index in [1.165, 1.54) is 37.6 Å². The molecule has 0 unspecified atom stereocenters. The van der Waals surface area contributed by atoms with E-state index in [0.717, 1.165) is 5.56 Å². The minimum absolute atomic E-state index is 0.0102. The zero-order valence-electron chi connectivity index (χ0n) is 21.2. The first-order valence-electron chi connectivity index (χ1n) is 12.0. The van der Waals surface area contributed by atoms with Crippen LogP contribution in [0.25, 0.3) is 44.0 Å². The molecule has 0 saturated heterocycles. The number of H-pyrrole nitrogens is 1. The van der Waals surface area contributed by atoms with E-state index in [0.29, 0.717) is 27.4 Å². The molecule has 0 aliphatic rings. The molecule has 10 nitrogen and oxygen atoms in total. The Balaban J connectivity index is 1.55. The summed E-state index contributed by atoms with van der Waals surface area (Å²) in [6, 6.07) is 7.07. The van der Waals surface area contributed by atoms with Crippen molar-refractivity contribution >= 4 is 38.5 Å². The van der Waals surface area contributed by atoms with Gasteiger partial charge in [0.1, 0.15) is 39.9 Å². The third-order valence-electron chi connectivity index (χ3n) is 6.66. The van der Waals surface area contributed by atoms with E-state index in [9.17, 15) is 19.4 Å². The Labute approximate surface area is 225 Å². The molecule has 0 amide bonds. The smallest absolute Gasteiger partial charge is 0.349 e. The van der Waals surface area contributed by atoms with Gasteiger partial charge in [-0.3, -0.25) is 0 Å². The highest BCUT2D eigenvalue weighted by Crippen LogP contribution is 2.38. The van der Waals surface area contributed by atoms with Crippen molar-refractivity contribution in [2.75, 3.05) is 12.4 Å². The van der Waals surface area contributed by atoms with Gasteiger partial charge >= 0.3 is 11.6 Å². The number of hydrogen-bond donors (Lipinski definition) is 4. The molecule has 0 bridgehead atoms. The lowest BCUT2D eigenvalue weighted by Gasteiger charge is -2.14. The first-order valence-corrected chi connectivity index (χ1v) is 12.0. The first-order chi connectivity index (χ1) is 19.3. The Morgan fingerprint density at radius 2 is 2.00 bits per heavy atom. The van der Waals surface area contributed by atoms with E-state index < -0.39 is 11.4 Å². The average Bonchev–Trinajstić information content (AvgIpc) is 3.34. The number of hydrogen-bond acceptors (Lipinski definition) is 9. The van der Waals surface area contributed by atoms with Crippen LogP contribution in [0, 0.1) is 25.1 Å². The van der Waals surface area contributed by atoms with Crippen molar-refractivity contribution in [3.05, 3.63) is 75.7 Å². The largest absolute Gasteiger partial charge is 0.508 e. The van der Waals surface area contributed by atoms with Gasteiger partial charge in [-0.15, -0.1) is 6.42 Å². The molecule has 40 heavy (non-hydrogen) atoms. The van der Waals surface area contributed by atoms with Gasteiger partial charge in [-0.2, -0.15) is 9.97 Å². The number of pyridine rings is 1. The number of ether oxygens (including phenoxy) is 1. The van der Waals surface area contributed by atoms with Crippen LogP contribution in [0.2, 0.25) is 0 Å². The second-order valence-electron chi connectivity index (χ2n) is 9.04. The summed E-state index contributed by atoms with van der Waals surface area (Å²) in [5, 5.41) is 24.9. The summed E-state index contributed by atoms with van der Waals surface area (Å²) in [6.07, 6.45) is 8.69. The van der Waals surface area contributed by atoms with Crippen LogP contribution in [0.15, 0.2) is 51.9 Å². The topological polar surface area (TPSA) is 146 Å². The number of aromatic hydroxyl groups is 2. The molecule has 4 aromatic heterocycles. The van der Waals surface area contributed by atoms with E-state index in [4.69, 9.17) is 15.6 Å². The van der Waals surface area contributed by atoms with E-state index in [1.807, 2.05) is 0 Å². The second-order valence-corrected chi connectivity index (χ2v) is 9.04. The van der Waals surface area contributed by atoms with Crippen LogP contribution in [0.4, 0.5) is 10.2 Å². The Bertz CT molecular complexity index is 2090. The molecule has 198 valence electrons. The number of halogens is 1. The van der Waals surface area contributed by atoms with Crippen LogP contribution in [0.1, 0.15) is 16.7 Å². The zero-order valence-corrected chi connectivity index (χ0v) is 21.2. The molecule has 0 fully saturated rings. The van der Waals surface area contributed by atoms with E-state index in [1.54, 1.807) is 19.2 Å². The standard InChI is InChI=1S/C29H20FN5O5/c1-4-18-21(30)6-5-14-7-16(36)8-20(22(14)18)25-13(2)24-23(28(38)40-25)27(35-29(34-24)39-3)32-11-15-10-31-26-19(15)9-17(37)12-33-26/h1,5-10,12,36-37H,11H2,2-3H3,(H,31,33)(H,32,34,35). The molecule has 0 spiro atoms. The molecule has 2 aromatic carbocycles. The normalized spacial score (nSPS) is 11.2. The Hall–Kier alpha value is -5.63. The van der Waals surface area contributed by atoms with E-state index >= 15 is 0 Å². The summed E-state index contributed by atoms with van der Waals surface area (Å²) in [6.45, 7) is 1.89. The maximum Gasteiger partial charge on any atom is 0.349 e. The van der Waals surface area contributed by atoms with Crippen molar-refractivity contribution in [1.82, 2.24) is 19.9 Å². The Morgan fingerprint density at radius 3 is 2.77 bits per heavy atom. The highest BCUT2D eigenvalue weighted by molar-refractivity contribution is 6.03. The van der Waals surface area contributed by atoms with Crippen molar-refractivity contribution in [1.29, 1.82) is 0 Å². The Morgan fingerprint density at radius 1 is 1.18 bits per heavy atom. The number of terminal acetylenes is 1. The monoisotopic (exact) mass is 537 g/mol. The third-order valence-corrected chi connectivity index (χ3v) is 6.66. The number of benzene rings is 2. The number of rotatable bonds is 5. The minimum Gasteiger partial charge on any atom is -0.508 e. The summed E-state index contributed by atoms with van der Waals surface area (Å²) in [7, 11) is 1.39. The van der Waals surface area contributed by atoms with Crippen LogP contribution < -0.4 is 15.7 Å². The maximum absolute atomic E-state index is 14.7. The van der Waals surface area contributed by atoms with Gasteiger partial charge in [0, 0.05) is 34.6 Å². The maximum atomic E-state index is 14.7. The van der Waals surface area contributed by atoms with E-state index in [2.05, 4.69) is 31.2 Å². The molecular formula is C29H20FN5O5. The number of nitrogens with one attached hydrogen (secondary N) is 2. The number of aromatic amines is 1. The number of phenolic OH excluding ortho intramolecular Hbond substituents is 1. The van der Waals surface area contributed by atoms with Crippen LogP contribution in [-0.4, -0.2) is 37.3 Å². The lowest BCUT2D eigenvalue weighted by molar-refractivity contribution is 0.382. The van der Waals surface area contributed by atoms with Crippen LogP contribution >= 0.6 is 0 Å². The predicted octanol–water partition coefficient (Wildman–Crippen LogP) is 4.74. The van der Waals surface area contributed by atoms with Gasteiger partial charge in [-0.05, 0) is 42.1 Å². The fraction of sp³-hybridized carbons (Fsp3) is 0.103. The molecule has 0 aliphatic heterocycles. The summed E-state index contributed by atoms with van der Waals surface area (Å²) >= 11 is 0. The van der Waals surface area contributed by atoms with Crippen LogP contribution in [-0.2, 0) is 6.54 Å². The summed E-state index contributed by atoms with van der Waals surface area (Å²) in [5.74, 6) is 1.84. The summed E-state index contributed by atoms with van der Waals surface area (Å²) in [5.41, 5.74) is 1.42. The molecule has 11 heteroatoms. The number of aryl methyl sites for hydroxylation is 1. The summed E-state index contributed by atoms with van der Waals surface area (Å²) < 4.78 is 25.7. The number of anilines is 1. The highest BCUT2D eigenvalue weighted by Gasteiger charge is 2.23. The number of phenols is 1.